The van der Waals surface area contributed by atoms with Crippen molar-refractivity contribution in [3.05, 3.63) is 28.5 Å². The summed E-state index contributed by atoms with van der Waals surface area (Å²) in [5.41, 5.74) is 1.64. The van der Waals surface area contributed by atoms with E-state index in [0.717, 1.165) is 23.5 Å². The summed E-state index contributed by atoms with van der Waals surface area (Å²) in [5, 5.41) is 3.67. The summed E-state index contributed by atoms with van der Waals surface area (Å²) in [5.74, 6) is 0.647. The molecule has 1 heterocycles. The molecule has 1 saturated carbocycles. The largest absolute Gasteiger partial charge is 0.314 e. The van der Waals surface area contributed by atoms with Gasteiger partial charge in [-0.15, -0.1) is 0 Å². The summed E-state index contributed by atoms with van der Waals surface area (Å²) in [4.78, 5) is 4.26. The SMILES string of the molecule is CC(C)(C)C(CNC1CC1)Cc1cncc(Br)c1. The van der Waals surface area contributed by atoms with E-state index < -0.39 is 0 Å². The van der Waals surface area contributed by atoms with Gasteiger partial charge in [0.25, 0.3) is 0 Å². The van der Waals surface area contributed by atoms with Crippen LogP contribution >= 0.6 is 15.9 Å². The van der Waals surface area contributed by atoms with Crippen LogP contribution in [0, 0.1) is 11.3 Å². The van der Waals surface area contributed by atoms with E-state index >= 15 is 0 Å². The molecule has 1 unspecified atom stereocenters. The van der Waals surface area contributed by atoms with Gasteiger partial charge in [0.1, 0.15) is 0 Å². The van der Waals surface area contributed by atoms with Crippen LogP contribution in [0.1, 0.15) is 39.2 Å². The third-order valence-corrected chi connectivity index (χ3v) is 4.13. The van der Waals surface area contributed by atoms with Gasteiger partial charge in [-0.2, -0.15) is 0 Å². The summed E-state index contributed by atoms with van der Waals surface area (Å²) >= 11 is 3.50. The summed E-state index contributed by atoms with van der Waals surface area (Å²) in [6.45, 7) is 8.10. The fourth-order valence-electron chi connectivity index (χ4n) is 2.13. The van der Waals surface area contributed by atoms with Gasteiger partial charge < -0.3 is 5.32 Å². The van der Waals surface area contributed by atoms with Gasteiger partial charge in [0.05, 0.1) is 0 Å². The molecule has 0 aromatic carbocycles. The average molecular weight is 311 g/mol. The van der Waals surface area contributed by atoms with Crippen molar-refractivity contribution in [3.63, 3.8) is 0 Å². The highest BCUT2D eigenvalue weighted by Gasteiger charge is 2.28. The summed E-state index contributed by atoms with van der Waals surface area (Å²) in [6, 6.07) is 2.97. The van der Waals surface area contributed by atoms with Crippen LogP contribution in [0.25, 0.3) is 0 Å². The van der Waals surface area contributed by atoms with E-state index in [1.807, 2.05) is 12.4 Å². The van der Waals surface area contributed by atoms with Crippen molar-refractivity contribution in [2.75, 3.05) is 6.54 Å². The van der Waals surface area contributed by atoms with E-state index in [9.17, 15) is 0 Å². The van der Waals surface area contributed by atoms with Crippen molar-refractivity contribution >= 4 is 15.9 Å². The standard InChI is InChI=1S/C15H23BrN2/c1-15(2,3)12(9-18-14-4-5-14)6-11-7-13(16)10-17-8-11/h7-8,10,12,14,18H,4-6,9H2,1-3H3. The van der Waals surface area contributed by atoms with Crippen LogP contribution in [0.4, 0.5) is 0 Å². The zero-order valence-electron chi connectivity index (χ0n) is 11.5. The second kappa shape index (κ2) is 5.70. The maximum absolute atomic E-state index is 4.26. The first kappa shape index (κ1) is 14.0. The maximum atomic E-state index is 4.26. The molecule has 0 spiro atoms. The van der Waals surface area contributed by atoms with Crippen LogP contribution in [0.5, 0.6) is 0 Å². The Morgan fingerprint density at radius 2 is 2.11 bits per heavy atom. The Bertz CT molecular complexity index is 394. The molecule has 1 atom stereocenters. The molecule has 1 aromatic rings. The molecule has 1 aliphatic rings. The zero-order chi connectivity index (χ0) is 13.2. The molecule has 0 amide bonds. The molecule has 3 heteroatoms. The van der Waals surface area contributed by atoms with Gasteiger partial charge in [0.2, 0.25) is 0 Å². The lowest BCUT2D eigenvalue weighted by molar-refractivity contribution is 0.230. The second-order valence-electron chi connectivity index (χ2n) is 6.46. The quantitative estimate of drug-likeness (QED) is 0.894. The van der Waals surface area contributed by atoms with Crippen molar-refractivity contribution < 1.29 is 0 Å². The number of rotatable bonds is 5. The van der Waals surface area contributed by atoms with Crippen molar-refractivity contribution in [3.8, 4) is 0 Å². The topological polar surface area (TPSA) is 24.9 Å². The fourth-order valence-corrected chi connectivity index (χ4v) is 2.55. The molecule has 1 aliphatic carbocycles. The van der Waals surface area contributed by atoms with Crippen LogP contribution in [0.2, 0.25) is 0 Å². The van der Waals surface area contributed by atoms with Crippen LogP contribution in [-0.4, -0.2) is 17.6 Å². The Kier molecular flexibility index (Phi) is 4.44. The van der Waals surface area contributed by atoms with Gasteiger partial charge in [-0.05, 0) is 64.7 Å². The number of pyridine rings is 1. The van der Waals surface area contributed by atoms with Gasteiger partial charge in [-0.1, -0.05) is 20.8 Å². The molecule has 1 aromatic heterocycles. The minimum absolute atomic E-state index is 0.324. The highest BCUT2D eigenvalue weighted by Crippen LogP contribution is 2.30. The predicted octanol–water partition coefficient (Wildman–Crippen LogP) is 3.80. The second-order valence-corrected chi connectivity index (χ2v) is 7.38. The molecular weight excluding hydrogens is 288 g/mol. The lowest BCUT2D eigenvalue weighted by Gasteiger charge is -2.31. The summed E-state index contributed by atoms with van der Waals surface area (Å²) in [7, 11) is 0. The van der Waals surface area contributed by atoms with E-state index in [4.69, 9.17) is 0 Å². The monoisotopic (exact) mass is 310 g/mol. The van der Waals surface area contributed by atoms with E-state index in [1.165, 1.54) is 18.4 Å². The van der Waals surface area contributed by atoms with Crippen LogP contribution in [-0.2, 0) is 6.42 Å². The normalized spacial score (nSPS) is 17.8. The lowest BCUT2D eigenvalue weighted by Crippen LogP contribution is -2.34. The first-order valence-corrected chi connectivity index (χ1v) is 7.57. The molecular formula is C15H23BrN2. The Balaban J connectivity index is 1.99. The first-order chi connectivity index (χ1) is 8.45. The third-order valence-electron chi connectivity index (χ3n) is 3.70. The molecule has 100 valence electrons. The number of halogens is 1. The number of nitrogens with one attached hydrogen (secondary N) is 1. The van der Waals surface area contributed by atoms with Gasteiger partial charge in [-0.3, -0.25) is 4.98 Å². The molecule has 2 nitrogen and oxygen atoms in total. The molecule has 0 saturated heterocycles. The summed E-state index contributed by atoms with van der Waals surface area (Å²) < 4.78 is 1.07. The minimum atomic E-state index is 0.324. The molecule has 18 heavy (non-hydrogen) atoms. The number of hydrogen-bond donors (Lipinski definition) is 1. The molecule has 0 aliphatic heterocycles. The van der Waals surface area contributed by atoms with Gasteiger partial charge in [-0.25, -0.2) is 0 Å². The Hall–Kier alpha value is -0.410. The van der Waals surface area contributed by atoms with Gasteiger partial charge >= 0.3 is 0 Å². The van der Waals surface area contributed by atoms with Crippen molar-refractivity contribution in [2.24, 2.45) is 11.3 Å². The van der Waals surface area contributed by atoms with Gasteiger partial charge in [0, 0.05) is 22.9 Å². The lowest BCUT2D eigenvalue weighted by atomic mass is 9.77. The molecule has 1 N–H and O–H groups in total. The highest BCUT2D eigenvalue weighted by molar-refractivity contribution is 9.10. The average Bonchev–Trinajstić information content (AvgIpc) is 3.06. The van der Waals surface area contributed by atoms with E-state index in [2.05, 4.69) is 53.1 Å². The Morgan fingerprint density at radius 3 is 2.67 bits per heavy atom. The Labute approximate surface area is 119 Å². The third kappa shape index (κ3) is 4.36. The van der Waals surface area contributed by atoms with Crippen molar-refractivity contribution in [1.82, 2.24) is 10.3 Å². The Morgan fingerprint density at radius 1 is 1.39 bits per heavy atom. The van der Waals surface area contributed by atoms with Crippen LogP contribution in [0.3, 0.4) is 0 Å². The fraction of sp³-hybridized carbons (Fsp3) is 0.667. The minimum Gasteiger partial charge on any atom is -0.314 e. The van der Waals surface area contributed by atoms with E-state index in [0.29, 0.717) is 11.3 Å². The number of hydrogen-bond acceptors (Lipinski definition) is 2. The van der Waals surface area contributed by atoms with Crippen molar-refractivity contribution in [1.29, 1.82) is 0 Å². The van der Waals surface area contributed by atoms with Gasteiger partial charge in [0.15, 0.2) is 0 Å². The van der Waals surface area contributed by atoms with E-state index in [1.54, 1.807) is 0 Å². The summed E-state index contributed by atoms with van der Waals surface area (Å²) in [6.07, 6.45) is 7.64. The number of nitrogens with zero attached hydrogens (tertiary/aromatic N) is 1. The van der Waals surface area contributed by atoms with E-state index in [-0.39, 0.29) is 0 Å². The van der Waals surface area contributed by atoms with Crippen LogP contribution < -0.4 is 5.32 Å². The highest BCUT2D eigenvalue weighted by atomic mass is 79.9. The maximum Gasteiger partial charge on any atom is 0.0410 e. The molecule has 0 bridgehead atoms. The van der Waals surface area contributed by atoms with Crippen molar-refractivity contribution in [2.45, 2.75) is 46.1 Å². The zero-order valence-corrected chi connectivity index (χ0v) is 13.1. The molecule has 0 radical (unpaired) electrons. The first-order valence-electron chi connectivity index (χ1n) is 6.78. The smallest absolute Gasteiger partial charge is 0.0410 e. The molecule has 1 fully saturated rings. The molecule has 2 rings (SSSR count). The predicted molar refractivity (Wildman–Crippen MR) is 79.6 cm³/mol. The van der Waals surface area contributed by atoms with Crippen LogP contribution in [0.15, 0.2) is 22.9 Å². The number of aromatic nitrogens is 1.